The van der Waals surface area contributed by atoms with Crippen molar-refractivity contribution in [3.8, 4) is 11.3 Å². The number of rotatable bonds is 3. The van der Waals surface area contributed by atoms with Gasteiger partial charge in [-0.05, 0) is 58.9 Å². The first-order valence-corrected chi connectivity index (χ1v) is 11.9. The van der Waals surface area contributed by atoms with E-state index in [2.05, 4.69) is 56.6 Å². The van der Waals surface area contributed by atoms with Crippen LogP contribution in [0, 0.1) is 0 Å². The molecule has 3 aromatic carbocycles. The summed E-state index contributed by atoms with van der Waals surface area (Å²) in [4.78, 5) is 8.82. The molecule has 3 unspecified atom stereocenters. The number of aromatic nitrogens is 4. The highest BCUT2D eigenvalue weighted by atomic mass is 35.5. The van der Waals surface area contributed by atoms with Gasteiger partial charge in [0, 0.05) is 27.6 Å². The van der Waals surface area contributed by atoms with Crippen molar-refractivity contribution in [2.24, 2.45) is 5.73 Å². The molecule has 0 radical (unpaired) electrons. The first-order valence-electron chi connectivity index (χ1n) is 11.1. The lowest BCUT2D eigenvalue weighted by atomic mass is 9.67. The van der Waals surface area contributed by atoms with Crippen molar-refractivity contribution in [2.75, 3.05) is 0 Å². The van der Waals surface area contributed by atoms with Gasteiger partial charge in [-0.3, -0.25) is 5.10 Å². The second-order valence-electron chi connectivity index (χ2n) is 8.70. The van der Waals surface area contributed by atoms with Crippen LogP contribution in [0.4, 0.5) is 0 Å². The summed E-state index contributed by atoms with van der Waals surface area (Å²) in [5.74, 6) is 0.180. The van der Waals surface area contributed by atoms with E-state index in [0.717, 1.165) is 49.9 Å². The van der Waals surface area contributed by atoms with E-state index in [0.29, 0.717) is 0 Å². The third-order valence-corrected chi connectivity index (χ3v) is 7.44. The van der Waals surface area contributed by atoms with Crippen LogP contribution in [-0.2, 0) is 6.42 Å². The zero-order chi connectivity index (χ0) is 23.2. The number of nitrogens with one attached hydrogen (secondary N) is 1. The number of aromatic amines is 1. The molecule has 0 bridgehead atoms. The lowest BCUT2D eigenvalue weighted by molar-refractivity contribution is 0.426. The Morgan fingerprint density at radius 3 is 2.56 bits per heavy atom. The minimum Gasteiger partial charge on any atom is -0.323 e. The monoisotopic (exact) mass is 485 g/mol. The Bertz CT molecular complexity index is 1490. The maximum Gasteiger partial charge on any atom is 0.117 e. The fourth-order valence-corrected chi connectivity index (χ4v) is 5.61. The van der Waals surface area contributed by atoms with Crippen LogP contribution in [0.3, 0.4) is 0 Å². The summed E-state index contributed by atoms with van der Waals surface area (Å²) in [5.41, 5.74) is 15.0. The molecule has 2 heterocycles. The Kier molecular flexibility index (Phi) is 5.33. The van der Waals surface area contributed by atoms with Crippen LogP contribution in [0.1, 0.15) is 40.1 Å². The van der Waals surface area contributed by atoms with Crippen molar-refractivity contribution in [3.05, 3.63) is 112 Å². The molecule has 3 N–H and O–H groups in total. The molecule has 34 heavy (non-hydrogen) atoms. The van der Waals surface area contributed by atoms with Crippen molar-refractivity contribution in [2.45, 2.75) is 24.3 Å². The van der Waals surface area contributed by atoms with E-state index in [-0.39, 0.29) is 17.9 Å². The average molecular weight is 486 g/mol. The van der Waals surface area contributed by atoms with Gasteiger partial charge in [0.25, 0.3) is 0 Å². The van der Waals surface area contributed by atoms with Gasteiger partial charge in [0.2, 0.25) is 0 Å². The Morgan fingerprint density at radius 1 is 0.912 bits per heavy atom. The molecule has 0 saturated heterocycles. The van der Waals surface area contributed by atoms with Gasteiger partial charge in [-0.1, -0.05) is 65.7 Å². The minimum atomic E-state index is -0.247. The number of nitrogens with zero attached hydrogens (tertiary/aromatic N) is 3. The molecule has 1 aliphatic carbocycles. The lowest BCUT2D eigenvalue weighted by Crippen LogP contribution is -2.32. The van der Waals surface area contributed by atoms with Gasteiger partial charge in [-0.2, -0.15) is 5.10 Å². The van der Waals surface area contributed by atoms with Gasteiger partial charge >= 0.3 is 0 Å². The number of H-pyrrole nitrogens is 1. The molecule has 168 valence electrons. The largest absolute Gasteiger partial charge is 0.323 e. The number of nitrogens with two attached hydrogens (primary N) is 1. The third kappa shape index (κ3) is 3.57. The van der Waals surface area contributed by atoms with Crippen LogP contribution in [0.5, 0.6) is 0 Å². The second kappa shape index (κ2) is 8.51. The molecule has 6 rings (SSSR count). The third-order valence-electron chi connectivity index (χ3n) is 6.84. The number of hydrogen-bond acceptors (Lipinski definition) is 4. The quantitative estimate of drug-likeness (QED) is 0.307. The molecule has 2 aromatic heterocycles. The number of fused-ring (bicyclic) bond motifs is 2. The first-order chi connectivity index (χ1) is 16.6. The van der Waals surface area contributed by atoms with Gasteiger partial charge in [0.15, 0.2) is 0 Å². The van der Waals surface area contributed by atoms with Crippen LogP contribution in [0.2, 0.25) is 10.0 Å². The van der Waals surface area contributed by atoms with Crippen molar-refractivity contribution in [3.63, 3.8) is 0 Å². The fraction of sp³-hybridized carbons (Fsp3) is 0.148. The molecule has 0 amide bonds. The van der Waals surface area contributed by atoms with Crippen molar-refractivity contribution >= 4 is 34.2 Å². The van der Waals surface area contributed by atoms with Crippen LogP contribution in [-0.4, -0.2) is 20.2 Å². The molecule has 0 spiro atoms. The SMILES string of the molecule is NC1c2cc(-c3ncnc4cn[nH]c34)ccc2CC(c2ccc(Cl)cc2)C1c1ccccc1Cl. The smallest absolute Gasteiger partial charge is 0.117 e. The van der Waals surface area contributed by atoms with Gasteiger partial charge in [-0.25, -0.2) is 9.97 Å². The fourth-order valence-electron chi connectivity index (χ4n) is 5.22. The molecule has 1 aliphatic rings. The van der Waals surface area contributed by atoms with E-state index >= 15 is 0 Å². The summed E-state index contributed by atoms with van der Waals surface area (Å²) < 4.78 is 0. The lowest BCUT2D eigenvalue weighted by Gasteiger charge is -2.39. The summed E-state index contributed by atoms with van der Waals surface area (Å²) in [6.45, 7) is 0. The maximum absolute atomic E-state index is 7.05. The Morgan fingerprint density at radius 2 is 1.74 bits per heavy atom. The topological polar surface area (TPSA) is 80.5 Å². The van der Waals surface area contributed by atoms with Crippen LogP contribution >= 0.6 is 23.2 Å². The minimum absolute atomic E-state index is 0.00944. The van der Waals surface area contributed by atoms with Gasteiger partial charge in [-0.15, -0.1) is 0 Å². The Labute approximate surface area is 207 Å². The van der Waals surface area contributed by atoms with E-state index in [4.69, 9.17) is 28.9 Å². The predicted molar refractivity (Wildman–Crippen MR) is 136 cm³/mol. The van der Waals surface area contributed by atoms with E-state index < -0.39 is 0 Å². The zero-order valence-electron chi connectivity index (χ0n) is 18.1. The van der Waals surface area contributed by atoms with E-state index in [9.17, 15) is 0 Å². The van der Waals surface area contributed by atoms with E-state index in [1.807, 2.05) is 30.3 Å². The molecule has 7 heteroatoms. The van der Waals surface area contributed by atoms with Crippen LogP contribution in [0.15, 0.2) is 79.3 Å². The van der Waals surface area contributed by atoms with Gasteiger partial charge in [0.1, 0.15) is 17.4 Å². The summed E-state index contributed by atoms with van der Waals surface area (Å²) in [7, 11) is 0. The first kappa shape index (κ1) is 21.3. The average Bonchev–Trinajstić information content (AvgIpc) is 3.34. The summed E-state index contributed by atoms with van der Waals surface area (Å²) >= 11 is 12.9. The predicted octanol–water partition coefficient (Wildman–Crippen LogP) is 6.45. The van der Waals surface area contributed by atoms with Crippen molar-refractivity contribution in [1.82, 2.24) is 20.2 Å². The van der Waals surface area contributed by atoms with Gasteiger partial charge < -0.3 is 5.73 Å². The summed E-state index contributed by atoms with van der Waals surface area (Å²) in [6.07, 6.45) is 4.12. The maximum atomic E-state index is 7.05. The Hall–Kier alpha value is -3.25. The normalized spacial score (nSPS) is 19.8. The highest BCUT2D eigenvalue weighted by Crippen LogP contribution is 2.50. The molecule has 0 saturated carbocycles. The zero-order valence-corrected chi connectivity index (χ0v) is 19.6. The van der Waals surface area contributed by atoms with Crippen LogP contribution in [0.25, 0.3) is 22.3 Å². The van der Waals surface area contributed by atoms with Crippen molar-refractivity contribution in [1.29, 1.82) is 0 Å². The summed E-state index contributed by atoms with van der Waals surface area (Å²) in [5, 5.41) is 8.60. The van der Waals surface area contributed by atoms with Crippen molar-refractivity contribution < 1.29 is 0 Å². The second-order valence-corrected chi connectivity index (χ2v) is 9.54. The molecule has 5 nitrogen and oxygen atoms in total. The molecule has 0 fully saturated rings. The molecule has 3 atom stereocenters. The number of halogens is 2. The van der Waals surface area contributed by atoms with E-state index in [1.165, 1.54) is 11.1 Å². The highest BCUT2D eigenvalue weighted by molar-refractivity contribution is 6.31. The molecule has 5 aromatic rings. The highest BCUT2D eigenvalue weighted by Gasteiger charge is 2.37. The number of hydrogen-bond donors (Lipinski definition) is 2. The Balaban J connectivity index is 1.50. The molecular formula is C27H21Cl2N5. The van der Waals surface area contributed by atoms with E-state index in [1.54, 1.807) is 12.5 Å². The van der Waals surface area contributed by atoms with Crippen LogP contribution < -0.4 is 5.73 Å². The number of benzene rings is 3. The summed E-state index contributed by atoms with van der Waals surface area (Å²) in [6, 6.07) is 22.2. The molecular weight excluding hydrogens is 465 g/mol. The van der Waals surface area contributed by atoms with Gasteiger partial charge in [0.05, 0.1) is 11.9 Å². The molecule has 0 aliphatic heterocycles. The standard InChI is InChI=1S/C27H21Cl2N5/c28-18-9-7-15(8-10-18)20-11-16-5-6-17(26-27-23(13-33-34-27)31-14-32-26)12-21(16)25(30)24(20)19-3-1-2-4-22(19)29/h1-10,12-14,20,24-25H,11,30H2,(H,33,34).